The van der Waals surface area contributed by atoms with Gasteiger partial charge in [0.1, 0.15) is 5.82 Å². The Hall–Kier alpha value is -8.53. The highest BCUT2D eigenvalue weighted by Crippen LogP contribution is 2.58. The van der Waals surface area contributed by atoms with Gasteiger partial charge in [-0.3, -0.25) is 0 Å². The molecule has 3 nitrogen and oxygen atoms in total. The molecule has 0 aliphatic heterocycles. The molecule has 9 aromatic carbocycles. The van der Waals surface area contributed by atoms with Crippen LogP contribution in [0.5, 0.6) is 0 Å². The summed E-state index contributed by atoms with van der Waals surface area (Å²) in [6, 6.07) is 83.9. The summed E-state index contributed by atoms with van der Waals surface area (Å²) in [5.41, 5.74) is 17.1. The van der Waals surface area contributed by atoms with E-state index in [4.69, 9.17) is 15.0 Å². The van der Waals surface area contributed by atoms with Gasteiger partial charge in [0.05, 0.1) is 5.41 Å². The van der Waals surface area contributed by atoms with Crippen LogP contribution in [0, 0.1) is 0 Å². The number of hydrogen-bond acceptors (Lipinski definition) is 3. The molecule has 2 aliphatic carbocycles. The molecule has 0 fully saturated rings. The van der Waals surface area contributed by atoms with E-state index in [1.807, 2.05) is 18.2 Å². The molecule has 3 heteroatoms. The second-order valence-corrected chi connectivity index (χ2v) is 18.2. The molecule has 2 aliphatic rings. The second kappa shape index (κ2) is 17.0. The van der Waals surface area contributed by atoms with Crippen LogP contribution in [0.15, 0.2) is 255 Å². The van der Waals surface area contributed by atoms with Gasteiger partial charge in [-0.15, -0.1) is 0 Å². The van der Waals surface area contributed by atoms with Crippen molar-refractivity contribution in [3.05, 3.63) is 283 Å². The van der Waals surface area contributed by atoms with Gasteiger partial charge < -0.3 is 0 Å². The van der Waals surface area contributed by atoms with Crippen LogP contribution in [0.4, 0.5) is 0 Å². The summed E-state index contributed by atoms with van der Waals surface area (Å²) < 4.78 is 0. The van der Waals surface area contributed by atoms with E-state index >= 15 is 0 Å². The lowest BCUT2D eigenvalue weighted by Gasteiger charge is -2.35. The van der Waals surface area contributed by atoms with E-state index in [9.17, 15) is 0 Å². The minimum atomic E-state index is -0.800. The van der Waals surface area contributed by atoms with Gasteiger partial charge in [0.15, 0.2) is 11.6 Å². The fourth-order valence-electron chi connectivity index (χ4n) is 10.5. The maximum atomic E-state index is 5.40. The quantitative estimate of drug-likeness (QED) is 0.145. The van der Waals surface area contributed by atoms with Gasteiger partial charge in [-0.2, -0.15) is 0 Å². The molecule has 68 heavy (non-hydrogen) atoms. The van der Waals surface area contributed by atoms with Crippen molar-refractivity contribution in [1.82, 2.24) is 15.0 Å². The molecule has 0 saturated heterocycles. The minimum absolute atomic E-state index is 0.399. The van der Waals surface area contributed by atoms with Gasteiger partial charge >= 0.3 is 0 Å². The van der Waals surface area contributed by atoms with Gasteiger partial charge in [-0.25, -0.2) is 15.0 Å². The fourth-order valence-corrected chi connectivity index (χ4v) is 10.5. The highest BCUT2D eigenvalue weighted by molar-refractivity contribution is 5.91. The van der Waals surface area contributed by atoms with Crippen LogP contribution in [-0.2, 0) is 10.8 Å². The summed E-state index contributed by atoms with van der Waals surface area (Å²) in [6.45, 7) is 2.22. The van der Waals surface area contributed by atoms with Gasteiger partial charge in [-0.1, -0.05) is 212 Å². The maximum absolute atomic E-state index is 5.40. The number of aromatic nitrogens is 3. The zero-order valence-corrected chi connectivity index (χ0v) is 37.8. The topological polar surface area (TPSA) is 38.7 Å². The SMILES string of the molecule is CC1(c2nc(-c3ccccc3)nc(-c3ccc4c(c3)C(c3cc(-c5ccccc5)cc(-c5ccccc5)c3)(c3cc(-c5ccccc5)cc(-c5ccccc5)c3)c3ccccc3-4)n2)C=CC=CC1. The largest absolute Gasteiger partial charge is 0.212 e. The van der Waals surface area contributed by atoms with Crippen LogP contribution in [-0.4, -0.2) is 15.0 Å². The molecule has 0 spiro atoms. The van der Waals surface area contributed by atoms with Gasteiger partial charge in [0.2, 0.25) is 0 Å². The molecule has 1 atom stereocenters. The van der Waals surface area contributed by atoms with Gasteiger partial charge in [0.25, 0.3) is 0 Å². The third kappa shape index (κ3) is 7.21. The Kier molecular flexibility index (Phi) is 10.3. The predicted molar refractivity (Wildman–Crippen MR) is 280 cm³/mol. The van der Waals surface area contributed by atoms with Crippen LogP contribution in [0.3, 0.4) is 0 Å². The monoisotopic (exact) mass is 869 g/mol. The lowest BCUT2D eigenvalue weighted by molar-refractivity contribution is 0.554. The van der Waals surface area contributed by atoms with Crippen molar-refractivity contribution in [3.8, 4) is 78.4 Å². The van der Waals surface area contributed by atoms with E-state index in [0.29, 0.717) is 11.6 Å². The highest BCUT2D eigenvalue weighted by Gasteiger charge is 2.47. The zero-order chi connectivity index (χ0) is 45.5. The summed E-state index contributed by atoms with van der Waals surface area (Å²) in [5, 5.41) is 0. The van der Waals surface area contributed by atoms with Crippen molar-refractivity contribution in [3.63, 3.8) is 0 Å². The maximum Gasteiger partial charge on any atom is 0.163 e. The van der Waals surface area contributed by atoms with E-state index in [1.165, 1.54) is 33.4 Å². The molecule has 0 saturated carbocycles. The molecule has 10 aromatic rings. The summed E-state index contributed by atoms with van der Waals surface area (Å²) in [5.74, 6) is 2.07. The van der Waals surface area contributed by atoms with Crippen molar-refractivity contribution in [2.24, 2.45) is 0 Å². The Labute approximate surface area is 398 Å². The number of rotatable bonds is 9. The van der Waals surface area contributed by atoms with Crippen LogP contribution < -0.4 is 0 Å². The molecule has 0 N–H and O–H groups in total. The summed E-state index contributed by atoms with van der Waals surface area (Å²) in [6.07, 6.45) is 9.43. The van der Waals surface area contributed by atoms with Crippen molar-refractivity contribution in [1.29, 1.82) is 0 Å². The van der Waals surface area contributed by atoms with Crippen LogP contribution in [0.1, 0.15) is 41.4 Å². The van der Waals surface area contributed by atoms with Crippen molar-refractivity contribution in [2.45, 2.75) is 24.2 Å². The molecular weight excluding hydrogens is 823 g/mol. The highest BCUT2D eigenvalue weighted by atomic mass is 15.0. The lowest BCUT2D eigenvalue weighted by Crippen LogP contribution is -2.29. The average Bonchev–Trinajstić information content (AvgIpc) is 3.72. The van der Waals surface area contributed by atoms with E-state index in [1.54, 1.807) is 0 Å². The third-order valence-electron chi connectivity index (χ3n) is 13.9. The van der Waals surface area contributed by atoms with Gasteiger partial charge in [-0.05, 0) is 134 Å². The average molecular weight is 870 g/mol. The van der Waals surface area contributed by atoms with E-state index < -0.39 is 10.8 Å². The van der Waals surface area contributed by atoms with E-state index in [0.717, 1.165) is 67.9 Å². The second-order valence-electron chi connectivity index (χ2n) is 18.2. The Morgan fingerprint density at radius 3 is 1.24 bits per heavy atom. The molecule has 0 radical (unpaired) electrons. The van der Waals surface area contributed by atoms with E-state index in [2.05, 4.69) is 244 Å². The van der Waals surface area contributed by atoms with Crippen molar-refractivity contribution >= 4 is 0 Å². The summed E-state index contributed by atoms with van der Waals surface area (Å²) in [4.78, 5) is 15.9. The molecule has 12 rings (SSSR count). The van der Waals surface area contributed by atoms with Crippen molar-refractivity contribution in [2.75, 3.05) is 0 Å². The fraction of sp³-hybridized carbons (Fsp3) is 0.0615. The molecule has 322 valence electrons. The molecule has 1 aromatic heterocycles. The van der Waals surface area contributed by atoms with Gasteiger partial charge in [0, 0.05) is 16.5 Å². The normalized spacial score (nSPS) is 15.4. The number of fused-ring (bicyclic) bond motifs is 3. The predicted octanol–water partition coefficient (Wildman–Crippen LogP) is 16.0. The first kappa shape index (κ1) is 40.9. The van der Waals surface area contributed by atoms with Crippen LogP contribution >= 0.6 is 0 Å². The minimum Gasteiger partial charge on any atom is -0.212 e. The summed E-state index contributed by atoms with van der Waals surface area (Å²) in [7, 11) is 0. The third-order valence-corrected chi connectivity index (χ3v) is 13.9. The van der Waals surface area contributed by atoms with Crippen LogP contribution in [0.2, 0.25) is 0 Å². The Bertz CT molecular complexity index is 3280. The Balaban J connectivity index is 1.20. The Morgan fingerprint density at radius 2 is 0.765 bits per heavy atom. The number of allylic oxidation sites excluding steroid dienone is 4. The zero-order valence-electron chi connectivity index (χ0n) is 37.8. The van der Waals surface area contributed by atoms with Crippen LogP contribution in [0.25, 0.3) is 78.4 Å². The molecule has 1 unspecified atom stereocenters. The molecule has 0 amide bonds. The number of benzene rings is 9. The lowest BCUT2D eigenvalue weighted by atomic mass is 9.66. The first-order chi connectivity index (χ1) is 33.5. The number of hydrogen-bond donors (Lipinski definition) is 0. The molecule has 0 bridgehead atoms. The van der Waals surface area contributed by atoms with Crippen molar-refractivity contribution < 1.29 is 0 Å². The first-order valence-corrected chi connectivity index (χ1v) is 23.5. The standard InChI is InChI=1S/C65H47N3/c1-64(36-20-7-21-37-64)63-67-61(49-30-16-6-17-31-49)66-62(68-63)50-34-35-58-57-32-18-19-33-59(57)65(60(58)44-50,55-40-51(45-22-8-2-9-23-45)38-52(41-55)46-24-10-3-11-25-46)56-42-53(47-26-12-4-13-27-47)39-54(43-56)48-28-14-5-15-29-48/h2-36,38-44H,37H2,1H3. The molecule has 1 heterocycles. The summed E-state index contributed by atoms with van der Waals surface area (Å²) >= 11 is 0. The Morgan fingerprint density at radius 1 is 0.338 bits per heavy atom. The first-order valence-electron chi connectivity index (χ1n) is 23.5. The van der Waals surface area contributed by atoms with E-state index in [-0.39, 0.29) is 0 Å². The smallest absolute Gasteiger partial charge is 0.163 e. The number of nitrogens with zero attached hydrogens (tertiary/aromatic N) is 3. The molecular formula is C65H47N3.